The number of nitrogens with zero attached hydrogens (tertiary/aromatic N) is 2. The molecule has 0 bridgehead atoms. The van der Waals surface area contributed by atoms with Crippen LogP contribution in [-0.4, -0.2) is 50.2 Å². The standard InChI is InChI=1S/C28H30Cl2N2O2/c1-2-34-28(33)23-4-3-5-26(20-23)32-18-16-31(17-19-32)15-14-27(21-6-10-24(29)11-7-21)22-8-12-25(30)13-9-22/h3-13,20,27H,2,14-19H2,1H3. The van der Waals surface area contributed by atoms with Gasteiger partial charge in [-0.3, -0.25) is 4.90 Å². The molecule has 4 nitrogen and oxygen atoms in total. The summed E-state index contributed by atoms with van der Waals surface area (Å²) < 4.78 is 5.15. The summed E-state index contributed by atoms with van der Waals surface area (Å²) in [5.41, 5.74) is 4.21. The molecule has 1 aliphatic heterocycles. The van der Waals surface area contributed by atoms with Crippen LogP contribution in [-0.2, 0) is 4.74 Å². The molecule has 0 N–H and O–H groups in total. The second-order valence-electron chi connectivity index (χ2n) is 8.54. The Bertz CT molecular complexity index is 1030. The minimum absolute atomic E-state index is 0.265. The van der Waals surface area contributed by atoms with E-state index in [-0.39, 0.29) is 11.9 Å². The average molecular weight is 497 g/mol. The molecule has 1 aliphatic rings. The van der Waals surface area contributed by atoms with Crippen molar-refractivity contribution in [2.45, 2.75) is 19.3 Å². The molecule has 0 atom stereocenters. The van der Waals surface area contributed by atoms with Gasteiger partial charge in [-0.15, -0.1) is 0 Å². The zero-order valence-electron chi connectivity index (χ0n) is 19.4. The van der Waals surface area contributed by atoms with Gasteiger partial charge >= 0.3 is 5.97 Å². The van der Waals surface area contributed by atoms with E-state index in [0.29, 0.717) is 12.2 Å². The Kier molecular flexibility index (Phi) is 8.49. The van der Waals surface area contributed by atoms with E-state index in [1.807, 2.05) is 49.4 Å². The van der Waals surface area contributed by atoms with Crippen LogP contribution in [0.15, 0.2) is 72.8 Å². The van der Waals surface area contributed by atoms with E-state index >= 15 is 0 Å². The minimum Gasteiger partial charge on any atom is -0.462 e. The molecule has 3 aromatic carbocycles. The molecule has 34 heavy (non-hydrogen) atoms. The van der Waals surface area contributed by atoms with Gasteiger partial charge in [0.05, 0.1) is 12.2 Å². The SMILES string of the molecule is CCOC(=O)c1cccc(N2CCN(CCC(c3ccc(Cl)cc3)c3ccc(Cl)cc3)CC2)c1. The summed E-state index contributed by atoms with van der Waals surface area (Å²) in [6.45, 7) is 7.04. The first-order chi connectivity index (χ1) is 16.5. The fourth-order valence-corrected chi connectivity index (χ4v) is 4.75. The molecular formula is C28H30Cl2N2O2. The first-order valence-corrected chi connectivity index (χ1v) is 12.5. The molecule has 6 heteroatoms. The lowest BCUT2D eigenvalue weighted by Gasteiger charge is -2.37. The fraction of sp³-hybridized carbons (Fsp3) is 0.321. The normalized spacial score (nSPS) is 14.4. The lowest BCUT2D eigenvalue weighted by atomic mass is 9.88. The maximum atomic E-state index is 12.1. The van der Waals surface area contributed by atoms with Gasteiger partial charge in [0, 0.05) is 47.8 Å². The third-order valence-electron chi connectivity index (χ3n) is 6.37. The number of anilines is 1. The van der Waals surface area contributed by atoms with Gasteiger partial charge in [0.15, 0.2) is 0 Å². The van der Waals surface area contributed by atoms with Gasteiger partial charge in [-0.25, -0.2) is 4.79 Å². The van der Waals surface area contributed by atoms with Crippen molar-refractivity contribution in [3.8, 4) is 0 Å². The van der Waals surface area contributed by atoms with Gasteiger partial charge in [0.25, 0.3) is 0 Å². The van der Waals surface area contributed by atoms with Crippen molar-refractivity contribution in [1.29, 1.82) is 0 Å². The highest BCUT2D eigenvalue weighted by molar-refractivity contribution is 6.30. The van der Waals surface area contributed by atoms with Crippen LogP contribution in [0, 0.1) is 0 Å². The van der Waals surface area contributed by atoms with Crippen molar-refractivity contribution >= 4 is 34.9 Å². The number of ether oxygens (including phenoxy) is 1. The molecule has 4 rings (SSSR count). The number of carbonyl (C=O) groups excluding carboxylic acids is 1. The topological polar surface area (TPSA) is 32.8 Å². The molecule has 0 unspecified atom stereocenters. The van der Waals surface area contributed by atoms with Gasteiger partial charge in [-0.2, -0.15) is 0 Å². The fourth-order valence-electron chi connectivity index (χ4n) is 4.50. The number of hydrogen-bond donors (Lipinski definition) is 0. The van der Waals surface area contributed by atoms with Crippen LogP contribution in [0.2, 0.25) is 10.0 Å². The van der Waals surface area contributed by atoms with Gasteiger partial charge in [-0.1, -0.05) is 53.5 Å². The third-order valence-corrected chi connectivity index (χ3v) is 6.88. The number of benzene rings is 3. The van der Waals surface area contributed by atoms with E-state index in [9.17, 15) is 4.79 Å². The van der Waals surface area contributed by atoms with Crippen LogP contribution in [0.5, 0.6) is 0 Å². The van der Waals surface area contributed by atoms with Gasteiger partial charge in [-0.05, 0) is 73.5 Å². The van der Waals surface area contributed by atoms with Crippen molar-refractivity contribution in [3.63, 3.8) is 0 Å². The summed E-state index contributed by atoms with van der Waals surface area (Å²) in [6, 6.07) is 24.1. The summed E-state index contributed by atoms with van der Waals surface area (Å²) in [4.78, 5) is 16.9. The molecule has 0 radical (unpaired) electrons. The second kappa shape index (κ2) is 11.7. The lowest BCUT2D eigenvalue weighted by Crippen LogP contribution is -2.46. The van der Waals surface area contributed by atoms with E-state index < -0.39 is 0 Å². The Morgan fingerprint density at radius 1 is 0.882 bits per heavy atom. The summed E-state index contributed by atoms with van der Waals surface area (Å²) in [7, 11) is 0. The summed E-state index contributed by atoms with van der Waals surface area (Å²) in [5.74, 6) is 0.0206. The number of esters is 1. The van der Waals surface area contributed by atoms with Crippen LogP contribution in [0.1, 0.15) is 40.7 Å². The Balaban J connectivity index is 1.38. The Morgan fingerprint density at radius 2 is 1.47 bits per heavy atom. The van der Waals surface area contributed by atoms with E-state index in [1.54, 1.807) is 0 Å². The van der Waals surface area contributed by atoms with E-state index in [0.717, 1.165) is 54.9 Å². The van der Waals surface area contributed by atoms with Crippen molar-refractivity contribution in [1.82, 2.24) is 4.90 Å². The monoisotopic (exact) mass is 496 g/mol. The molecular weight excluding hydrogens is 467 g/mol. The van der Waals surface area contributed by atoms with Crippen molar-refractivity contribution < 1.29 is 9.53 Å². The minimum atomic E-state index is -0.265. The Hall–Kier alpha value is -2.53. The number of rotatable bonds is 8. The molecule has 0 spiro atoms. The van der Waals surface area contributed by atoms with Crippen LogP contribution in [0.25, 0.3) is 0 Å². The molecule has 1 heterocycles. The van der Waals surface area contributed by atoms with E-state index in [2.05, 4.69) is 40.1 Å². The largest absolute Gasteiger partial charge is 0.462 e. The van der Waals surface area contributed by atoms with Gasteiger partial charge in [0.2, 0.25) is 0 Å². The maximum Gasteiger partial charge on any atom is 0.338 e. The summed E-state index contributed by atoms with van der Waals surface area (Å²) in [5, 5.41) is 1.50. The third kappa shape index (κ3) is 6.32. The second-order valence-corrected chi connectivity index (χ2v) is 9.42. The number of hydrogen-bond acceptors (Lipinski definition) is 4. The predicted octanol–water partition coefficient (Wildman–Crippen LogP) is 6.51. The van der Waals surface area contributed by atoms with Crippen molar-refractivity contribution in [2.24, 2.45) is 0 Å². The molecule has 178 valence electrons. The quantitative estimate of drug-likeness (QED) is 0.332. The highest BCUT2D eigenvalue weighted by Gasteiger charge is 2.21. The van der Waals surface area contributed by atoms with Crippen molar-refractivity contribution in [3.05, 3.63) is 99.5 Å². The number of carbonyl (C=O) groups is 1. The summed E-state index contributed by atoms with van der Waals surface area (Å²) in [6.07, 6.45) is 1.02. The zero-order valence-corrected chi connectivity index (χ0v) is 20.9. The van der Waals surface area contributed by atoms with Crippen LogP contribution in [0.3, 0.4) is 0 Å². The molecule has 0 aromatic heterocycles. The Morgan fingerprint density at radius 3 is 2.03 bits per heavy atom. The first-order valence-electron chi connectivity index (χ1n) is 11.8. The van der Waals surface area contributed by atoms with E-state index in [4.69, 9.17) is 27.9 Å². The number of halogens is 2. The Labute approximate surface area is 212 Å². The van der Waals surface area contributed by atoms with Crippen molar-refractivity contribution in [2.75, 3.05) is 44.2 Å². The lowest BCUT2D eigenvalue weighted by molar-refractivity contribution is 0.0526. The zero-order chi connectivity index (χ0) is 23.9. The molecule has 0 amide bonds. The molecule has 0 aliphatic carbocycles. The summed E-state index contributed by atoms with van der Waals surface area (Å²) >= 11 is 12.3. The molecule has 3 aromatic rings. The maximum absolute atomic E-state index is 12.1. The van der Waals surface area contributed by atoms with Crippen LogP contribution in [0.4, 0.5) is 5.69 Å². The van der Waals surface area contributed by atoms with Gasteiger partial charge < -0.3 is 9.64 Å². The highest BCUT2D eigenvalue weighted by atomic mass is 35.5. The highest BCUT2D eigenvalue weighted by Crippen LogP contribution is 2.30. The first kappa shape index (κ1) is 24.6. The molecule has 1 fully saturated rings. The number of piperazine rings is 1. The smallest absolute Gasteiger partial charge is 0.338 e. The van der Waals surface area contributed by atoms with Gasteiger partial charge in [0.1, 0.15) is 0 Å². The molecule has 1 saturated heterocycles. The average Bonchev–Trinajstić information content (AvgIpc) is 2.87. The molecule has 0 saturated carbocycles. The predicted molar refractivity (Wildman–Crippen MR) is 140 cm³/mol. The van der Waals surface area contributed by atoms with Crippen LogP contribution < -0.4 is 4.90 Å². The van der Waals surface area contributed by atoms with E-state index in [1.165, 1.54) is 11.1 Å². The van der Waals surface area contributed by atoms with Crippen LogP contribution >= 0.6 is 23.2 Å².